The molecule has 27 heavy (non-hydrogen) atoms. The summed E-state index contributed by atoms with van der Waals surface area (Å²) in [5.74, 6) is 0.594. The number of carbonyl (C=O) groups is 2. The second-order valence-electron chi connectivity index (χ2n) is 6.88. The lowest BCUT2D eigenvalue weighted by atomic mass is 9.88. The van der Waals surface area contributed by atoms with E-state index in [1.807, 2.05) is 6.92 Å². The highest BCUT2D eigenvalue weighted by Gasteiger charge is 2.29. The van der Waals surface area contributed by atoms with Gasteiger partial charge in [0.1, 0.15) is 10.8 Å². The summed E-state index contributed by atoms with van der Waals surface area (Å²) in [7, 11) is 1.56. The van der Waals surface area contributed by atoms with Crippen LogP contribution in [-0.2, 0) is 17.6 Å². The Balaban J connectivity index is 1.91. The van der Waals surface area contributed by atoms with E-state index in [1.165, 1.54) is 16.2 Å². The van der Waals surface area contributed by atoms with Crippen LogP contribution in [0.5, 0.6) is 5.75 Å². The lowest BCUT2D eigenvalue weighted by molar-refractivity contribution is 0.0505. The second-order valence-corrected chi connectivity index (χ2v) is 7.98. The molecular weight excluding hydrogens is 362 g/mol. The number of thiophene rings is 1. The van der Waals surface area contributed by atoms with Crippen LogP contribution in [0.4, 0.5) is 5.00 Å². The van der Waals surface area contributed by atoms with E-state index in [-0.39, 0.29) is 11.9 Å². The molecule has 1 aromatic carbocycles. The zero-order valence-corrected chi connectivity index (χ0v) is 16.8. The van der Waals surface area contributed by atoms with Gasteiger partial charge in [0.2, 0.25) is 0 Å². The number of rotatable bonds is 6. The number of fused-ring (bicyclic) bond motifs is 1. The minimum absolute atomic E-state index is 0.259. The molecule has 1 aliphatic rings. The monoisotopic (exact) mass is 387 g/mol. The molecule has 1 N–H and O–H groups in total. The Morgan fingerprint density at radius 2 is 2.15 bits per heavy atom. The third kappa shape index (κ3) is 4.33. The van der Waals surface area contributed by atoms with Gasteiger partial charge in [-0.2, -0.15) is 0 Å². The summed E-state index contributed by atoms with van der Waals surface area (Å²) in [6.07, 6.45) is 3.59. The van der Waals surface area contributed by atoms with Gasteiger partial charge in [0, 0.05) is 10.4 Å². The summed E-state index contributed by atoms with van der Waals surface area (Å²) >= 11 is 1.50. The number of esters is 1. The Morgan fingerprint density at radius 3 is 2.89 bits per heavy atom. The van der Waals surface area contributed by atoms with Gasteiger partial charge in [-0.05, 0) is 55.4 Å². The van der Waals surface area contributed by atoms with Crippen LogP contribution in [0.2, 0.25) is 0 Å². The number of anilines is 1. The van der Waals surface area contributed by atoms with Crippen molar-refractivity contribution in [3.63, 3.8) is 0 Å². The predicted molar refractivity (Wildman–Crippen MR) is 107 cm³/mol. The zero-order chi connectivity index (χ0) is 19.4. The number of nitrogens with one attached hydrogen (secondary N) is 1. The van der Waals surface area contributed by atoms with Crippen LogP contribution in [0.25, 0.3) is 0 Å². The van der Waals surface area contributed by atoms with E-state index in [0.29, 0.717) is 34.4 Å². The molecule has 0 fully saturated rings. The van der Waals surface area contributed by atoms with Gasteiger partial charge in [-0.15, -0.1) is 11.3 Å². The van der Waals surface area contributed by atoms with Crippen LogP contribution in [0.3, 0.4) is 0 Å². The lowest BCUT2D eigenvalue weighted by Gasteiger charge is -2.18. The molecular formula is C21H25NO4S. The molecule has 0 aliphatic heterocycles. The summed E-state index contributed by atoms with van der Waals surface area (Å²) in [4.78, 5) is 26.6. The number of amides is 1. The van der Waals surface area contributed by atoms with Crippen molar-refractivity contribution in [1.29, 1.82) is 0 Å². The molecule has 1 aliphatic carbocycles. The molecule has 1 unspecified atom stereocenters. The highest BCUT2D eigenvalue weighted by molar-refractivity contribution is 7.17. The van der Waals surface area contributed by atoms with Gasteiger partial charge >= 0.3 is 5.97 Å². The first-order chi connectivity index (χ1) is 13.0. The minimum atomic E-state index is -0.343. The first kappa shape index (κ1) is 19.4. The fourth-order valence-electron chi connectivity index (χ4n) is 3.26. The molecule has 0 spiro atoms. The van der Waals surface area contributed by atoms with Crippen LogP contribution >= 0.6 is 11.3 Å². The predicted octanol–water partition coefficient (Wildman–Crippen LogP) is 4.70. The topological polar surface area (TPSA) is 64.6 Å². The van der Waals surface area contributed by atoms with Crippen molar-refractivity contribution in [1.82, 2.24) is 0 Å². The summed E-state index contributed by atoms with van der Waals surface area (Å²) in [6, 6.07) is 6.96. The van der Waals surface area contributed by atoms with E-state index in [0.717, 1.165) is 31.2 Å². The number of methoxy groups -OCH3 is 1. The summed E-state index contributed by atoms with van der Waals surface area (Å²) < 4.78 is 10.6. The summed E-state index contributed by atoms with van der Waals surface area (Å²) in [5, 5.41) is 3.52. The van der Waals surface area contributed by atoms with Gasteiger partial charge in [-0.25, -0.2) is 4.79 Å². The van der Waals surface area contributed by atoms with E-state index < -0.39 is 0 Å². The Morgan fingerprint density at radius 1 is 1.33 bits per heavy atom. The maximum Gasteiger partial charge on any atom is 0.341 e. The number of hydrogen-bond donors (Lipinski definition) is 1. The number of benzene rings is 1. The molecule has 0 saturated heterocycles. The standard InChI is InChI=1S/C21H25NO4S/c1-4-10-26-21(24)18-16-9-8-13(2)11-17(16)27-20(18)22-19(23)14-6-5-7-15(12-14)25-3/h5-7,12-13H,4,8-11H2,1-3H3,(H,22,23). The van der Waals surface area contributed by atoms with Gasteiger partial charge in [0.15, 0.2) is 0 Å². The largest absolute Gasteiger partial charge is 0.497 e. The van der Waals surface area contributed by atoms with E-state index in [1.54, 1.807) is 31.4 Å². The SMILES string of the molecule is CCCOC(=O)c1c(NC(=O)c2cccc(OC)c2)sc2c1CCC(C)C2. The fourth-order valence-corrected chi connectivity index (χ4v) is 4.66. The first-order valence-corrected chi connectivity index (χ1v) is 10.1. The highest BCUT2D eigenvalue weighted by Crippen LogP contribution is 2.40. The van der Waals surface area contributed by atoms with Gasteiger partial charge < -0.3 is 14.8 Å². The van der Waals surface area contributed by atoms with E-state index in [9.17, 15) is 9.59 Å². The molecule has 144 valence electrons. The normalized spacial score (nSPS) is 15.7. The third-order valence-electron chi connectivity index (χ3n) is 4.71. The van der Waals surface area contributed by atoms with Crippen molar-refractivity contribution in [2.75, 3.05) is 19.0 Å². The Labute approximate surface area is 163 Å². The Bertz CT molecular complexity index is 843. The molecule has 0 radical (unpaired) electrons. The van der Waals surface area contributed by atoms with Crippen molar-refractivity contribution in [3.8, 4) is 5.75 Å². The molecule has 3 rings (SSSR count). The minimum Gasteiger partial charge on any atom is -0.497 e. The molecule has 0 saturated carbocycles. The van der Waals surface area contributed by atoms with Gasteiger partial charge in [0.25, 0.3) is 5.91 Å². The van der Waals surface area contributed by atoms with Crippen molar-refractivity contribution >= 4 is 28.2 Å². The lowest BCUT2D eigenvalue weighted by Crippen LogP contribution is -2.17. The third-order valence-corrected chi connectivity index (χ3v) is 5.88. The van der Waals surface area contributed by atoms with Gasteiger partial charge in [-0.3, -0.25) is 4.79 Å². The van der Waals surface area contributed by atoms with Crippen molar-refractivity contribution in [2.45, 2.75) is 39.5 Å². The molecule has 2 aromatic rings. The number of carbonyl (C=O) groups excluding carboxylic acids is 2. The molecule has 1 aromatic heterocycles. The summed E-state index contributed by atoms with van der Waals surface area (Å²) in [6.45, 7) is 4.55. The molecule has 1 heterocycles. The van der Waals surface area contributed by atoms with Crippen LogP contribution < -0.4 is 10.1 Å². The quantitative estimate of drug-likeness (QED) is 0.730. The van der Waals surface area contributed by atoms with E-state index in [2.05, 4.69) is 12.2 Å². The van der Waals surface area contributed by atoms with Crippen LogP contribution in [-0.4, -0.2) is 25.6 Å². The number of hydrogen-bond acceptors (Lipinski definition) is 5. The summed E-state index contributed by atoms with van der Waals surface area (Å²) in [5.41, 5.74) is 2.06. The molecule has 5 nitrogen and oxygen atoms in total. The van der Waals surface area contributed by atoms with Crippen molar-refractivity contribution in [2.24, 2.45) is 5.92 Å². The van der Waals surface area contributed by atoms with E-state index in [4.69, 9.17) is 9.47 Å². The average molecular weight is 388 g/mol. The Kier molecular flexibility index (Phi) is 6.16. The fraction of sp³-hybridized carbons (Fsp3) is 0.429. The van der Waals surface area contributed by atoms with Gasteiger partial charge in [-0.1, -0.05) is 19.9 Å². The smallest absolute Gasteiger partial charge is 0.341 e. The molecule has 6 heteroatoms. The second kappa shape index (κ2) is 8.57. The maximum atomic E-state index is 12.7. The Hall–Kier alpha value is -2.34. The average Bonchev–Trinajstić information content (AvgIpc) is 3.02. The maximum absolute atomic E-state index is 12.7. The first-order valence-electron chi connectivity index (χ1n) is 9.30. The van der Waals surface area contributed by atoms with Crippen LogP contribution in [0.15, 0.2) is 24.3 Å². The molecule has 1 atom stereocenters. The molecule has 1 amide bonds. The number of ether oxygens (including phenoxy) is 2. The highest BCUT2D eigenvalue weighted by atomic mass is 32.1. The van der Waals surface area contributed by atoms with Crippen molar-refractivity contribution in [3.05, 3.63) is 45.8 Å². The van der Waals surface area contributed by atoms with Crippen molar-refractivity contribution < 1.29 is 19.1 Å². The van der Waals surface area contributed by atoms with Crippen LogP contribution in [0, 0.1) is 5.92 Å². The van der Waals surface area contributed by atoms with E-state index >= 15 is 0 Å². The molecule has 0 bridgehead atoms. The zero-order valence-electron chi connectivity index (χ0n) is 16.0. The van der Waals surface area contributed by atoms with Gasteiger partial charge in [0.05, 0.1) is 19.3 Å². The van der Waals surface area contributed by atoms with Crippen LogP contribution in [0.1, 0.15) is 57.8 Å².